The Morgan fingerprint density at radius 1 is 1.40 bits per heavy atom. The van der Waals surface area contributed by atoms with Gasteiger partial charge in [-0.3, -0.25) is 4.72 Å². The number of hydrogen-bond donors (Lipinski definition) is 1. The van der Waals surface area contributed by atoms with Gasteiger partial charge in [-0.15, -0.1) is 0 Å². The molecule has 84 valence electrons. The van der Waals surface area contributed by atoms with Gasteiger partial charge in [0.05, 0.1) is 11.4 Å². The second-order valence-corrected chi connectivity index (χ2v) is 5.66. The van der Waals surface area contributed by atoms with E-state index >= 15 is 0 Å². The number of benzene rings is 1. The molecular formula is C10H14ClNO2S. The van der Waals surface area contributed by atoms with Gasteiger partial charge >= 0.3 is 0 Å². The Bertz CT molecular complexity index is 443. The Hall–Kier alpha value is -0.740. The SMILES string of the molecule is CCCS(=O)(=O)Nc1ccc(Cl)cc1C. The number of rotatable bonds is 4. The summed E-state index contributed by atoms with van der Waals surface area (Å²) in [5.41, 5.74) is 1.41. The maximum Gasteiger partial charge on any atom is 0.232 e. The molecule has 0 radical (unpaired) electrons. The average Bonchev–Trinajstić information content (AvgIpc) is 2.09. The van der Waals surface area contributed by atoms with E-state index in [9.17, 15) is 8.42 Å². The van der Waals surface area contributed by atoms with Gasteiger partial charge in [-0.2, -0.15) is 0 Å². The minimum absolute atomic E-state index is 0.134. The van der Waals surface area contributed by atoms with Gasteiger partial charge in [0.1, 0.15) is 0 Å². The van der Waals surface area contributed by atoms with Gasteiger partial charge in [-0.05, 0) is 37.1 Å². The van der Waals surface area contributed by atoms with Crippen LogP contribution >= 0.6 is 11.6 Å². The first-order valence-corrected chi connectivity index (χ1v) is 6.74. The fraction of sp³-hybridized carbons (Fsp3) is 0.400. The molecule has 3 nitrogen and oxygen atoms in total. The van der Waals surface area contributed by atoms with Crippen LogP contribution in [-0.4, -0.2) is 14.2 Å². The number of aryl methyl sites for hydroxylation is 1. The summed E-state index contributed by atoms with van der Waals surface area (Å²) in [5, 5.41) is 0.603. The van der Waals surface area contributed by atoms with Crippen LogP contribution in [0, 0.1) is 6.92 Å². The van der Waals surface area contributed by atoms with Crippen LogP contribution in [0.1, 0.15) is 18.9 Å². The van der Waals surface area contributed by atoms with E-state index in [1.54, 1.807) is 18.2 Å². The first kappa shape index (κ1) is 12.3. The molecular weight excluding hydrogens is 234 g/mol. The molecule has 0 saturated heterocycles. The molecule has 0 amide bonds. The summed E-state index contributed by atoms with van der Waals surface area (Å²) in [6, 6.07) is 5.06. The van der Waals surface area contributed by atoms with Gasteiger partial charge in [-0.1, -0.05) is 18.5 Å². The summed E-state index contributed by atoms with van der Waals surface area (Å²) in [5.74, 6) is 0.134. The summed E-state index contributed by atoms with van der Waals surface area (Å²) in [6.45, 7) is 3.64. The Morgan fingerprint density at radius 2 is 2.07 bits per heavy atom. The second-order valence-electron chi connectivity index (χ2n) is 3.38. The van der Waals surface area contributed by atoms with Crippen LogP contribution in [0.3, 0.4) is 0 Å². The van der Waals surface area contributed by atoms with Gasteiger partial charge in [0.15, 0.2) is 0 Å². The third-order valence-electron chi connectivity index (χ3n) is 1.93. The fourth-order valence-electron chi connectivity index (χ4n) is 1.23. The first-order chi connectivity index (χ1) is 6.94. The highest BCUT2D eigenvalue weighted by Crippen LogP contribution is 2.20. The molecule has 1 aromatic carbocycles. The molecule has 1 rings (SSSR count). The molecule has 0 aliphatic rings. The molecule has 0 aliphatic heterocycles. The van der Waals surface area contributed by atoms with Crippen LogP contribution in [0.25, 0.3) is 0 Å². The lowest BCUT2D eigenvalue weighted by Gasteiger charge is -2.09. The lowest BCUT2D eigenvalue weighted by atomic mass is 10.2. The minimum Gasteiger partial charge on any atom is -0.283 e. The van der Waals surface area contributed by atoms with E-state index in [1.807, 2.05) is 13.8 Å². The smallest absolute Gasteiger partial charge is 0.232 e. The Labute approximate surface area is 95.5 Å². The third-order valence-corrected chi connectivity index (χ3v) is 3.64. The predicted octanol–water partition coefficient (Wildman–Crippen LogP) is 2.80. The van der Waals surface area contributed by atoms with E-state index in [0.717, 1.165) is 5.56 Å². The Morgan fingerprint density at radius 3 is 2.60 bits per heavy atom. The maximum absolute atomic E-state index is 11.5. The Balaban J connectivity index is 2.90. The van der Waals surface area contributed by atoms with Gasteiger partial charge in [0, 0.05) is 5.02 Å². The monoisotopic (exact) mass is 247 g/mol. The zero-order valence-corrected chi connectivity index (χ0v) is 10.3. The van der Waals surface area contributed by atoms with E-state index in [4.69, 9.17) is 11.6 Å². The minimum atomic E-state index is -3.21. The third kappa shape index (κ3) is 3.72. The van der Waals surface area contributed by atoms with Gasteiger partial charge in [-0.25, -0.2) is 8.42 Å². The number of hydrogen-bond acceptors (Lipinski definition) is 2. The summed E-state index contributed by atoms with van der Waals surface area (Å²) in [4.78, 5) is 0. The molecule has 0 atom stereocenters. The molecule has 0 unspecified atom stereocenters. The standard InChI is InChI=1S/C10H14ClNO2S/c1-3-6-15(13,14)12-10-5-4-9(11)7-8(10)2/h4-5,7,12H,3,6H2,1-2H3. The molecule has 1 N–H and O–H groups in total. The Kier molecular flexibility index (Phi) is 3.99. The highest BCUT2D eigenvalue weighted by atomic mass is 35.5. The fourth-order valence-corrected chi connectivity index (χ4v) is 2.66. The largest absolute Gasteiger partial charge is 0.283 e. The van der Waals surface area contributed by atoms with E-state index in [-0.39, 0.29) is 5.75 Å². The molecule has 5 heteroatoms. The summed E-state index contributed by atoms with van der Waals surface area (Å²) in [6.07, 6.45) is 0.599. The van der Waals surface area contributed by atoms with E-state index < -0.39 is 10.0 Å². The number of halogens is 1. The molecule has 0 aliphatic carbocycles. The van der Waals surface area contributed by atoms with Crippen LogP contribution < -0.4 is 4.72 Å². The van der Waals surface area contributed by atoms with Crippen molar-refractivity contribution >= 4 is 27.3 Å². The molecule has 0 spiro atoms. The number of sulfonamides is 1. The molecule has 0 bridgehead atoms. The van der Waals surface area contributed by atoms with Crippen molar-refractivity contribution in [3.63, 3.8) is 0 Å². The van der Waals surface area contributed by atoms with Crippen molar-refractivity contribution in [2.24, 2.45) is 0 Å². The van der Waals surface area contributed by atoms with Crippen molar-refractivity contribution < 1.29 is 8.42 Å². The van der Waals surface area contributed by atoms with Crippen LogP contribution in [0.15, 0.2) is 18.2 Å². The van der Waals surface area contributed by atoms with E-state index in [2.05, 4.69) is 4.72 Å². The van der Waals surface area contributed by atoms with E-state index in [1.165, 1.54) is 0 Å². The molecule has 0 aromatic heterocycles. The quantitative estimate of drug-likeness (QED) is 0.889. The lowest BCUT2D eigenvalue weighted by Crippen LogP contribution is -2.16. The van der Waals surface area contributed by atoms with Crippen molar-refractivity contribution in [1.29, 1.82) is 0 Å². The summed E-state index contributed by atoms with van der Waals surface area (Å²) in [7, 11) is -3.21. The van der Waals surface area contributed by atoms with Gasteiger partial charge in [0.25, 0.3) is 0 Å². The molecule has 0 fully saturated rings. The molecule has 1 aromatic rings. The van der Waals surface area contributed by atoms with Crippen molar-refractivity contribution in [3.05, 3.63) is 28.8 Å². The summed E-state index contributed by atoms with van der Waals surface area (Å²) >= 11 is 5.77. The highest BCUT2D eigenvalue weighted by Gasteiger charge is 2.10. The second kappa shape index (κ2) is 4.86. The van der Waals surface area contributed by atoms with E-state index in [0.29, 0.717) is 17.1 Å². The van der Waals surface area contributed by atoms with Gasteiger partial charge < -0.3 is 0 Å². The van der Waals surface area contributed by atoms with Crippen molar-refractivity contribution in [1.82, 2.24) is 0 Å². The topological polar surface area (TPSA) is 46.2 Å². The normalized spacial score (nSPS) is 11.4. The number of anilines is 1. The average molecular weight is 248 g/mol. The van der Waals surface area contributed by atoms with Crippen LogP contribution in [0.2, 0.25) is 5.02 Å². The lowest BCUT2D eigenvalue weighted by molar-refractivity contribution is 0.600. The van der Waals surface area contributed by atoms with Crippen molar-refractivity contribution in [2.75, 3.05) is 10.5 Å². The predicted molar refractivity (Wildman–Crippen MR) is 63.9 cm³/mol. The number of nitrogens with one attached hydrogen (secondary N) is 1. The maximum atomic E-state index is 11.5. The zero-order valence-electron chi connectivity index (χ0n) is 8.75. The summed E-state index contributed by atoms with van der Waals surface area (Å²) < 4.78 is 25.5. The zero-order chi connectivity index (χ0) is 11.5. The van der Waals surface area contributed by atoms with Crippen LogP contribution in [0.4, 0.5) is 5.69 Å². The van der Waals surface area contributed by atoms with Crippen molar-refractivity contribution in [2.45, 2.75) is 20.3 Å². The van der Waals surface area contributed by atoms with Crippen molar-refractivity contribution in [3.8, 4) is 0 Å². The van der Waals surface area contributed by atoms with Crippen LogP contribution in [-0.2, 0) is 10.0 Å². The highest BCUT2D eigenvalue weighted by molar-refractivity contribution is 7.92. The molecule has 0 saturated carbocycles. The first-order valence-electron chi connectivity index (χ1n) is 4.71. The van der Waals surface area contributed by atoms with Gasteiger partial charge in [0.2, 0.25) is 10.0 Å². The molecule has 0 heterocycles. The molecule has 15 heavy (non-hydrogen) atoms. The van der Waals surface area contributed by atoms with Crippen LogP contribution in [0.5, 0.6) is 0 Å².